The Morgan fingerprint density at radius 3 is 2.71 bits per heavy atom. The second kappa shape index (κ2) is 4.32. The highest BCUT2D eigenvalue weighted by molar-refractivity contribution is 9.10. The van der Waals surface area contributed by atoms with Crippen LogP contribution in [0.15, 0.2) is 16.6 Å². The van der Waals surface area contributed by atoms with Crippen LogP contribution >= 0.6 is 15.9 Å². The van der Waals surface area contributed by atoms with Gasteiger partial charge in [-0.2, -0.15) is 0 Å². The van der Waals surface area contributed by atoms with Crippen molar-refractivity contribution < 1.29 is 19.7 Å². The first-order valence-electron chi connectivity index (χ1n) is 3.81. The summed E-state index contributed by atoms with van der Waals surface area (Å²) in [6, 6.07) is 2.91. The fraction of sp³-hybridized carbons (Fsp3) is 0.222. The normalized spacial score (nSPS) is 9.86. The summed E-state index contributed by atoms with van der Waals surface area (Å²) in [5.41, 5.74) is 0.562. The minimum atomic E-state index is -0.932. The van der Waals surface area contributed by atoms with Crippen molar-refractivity contribution in [3.8, 4) is 11.5 Å². The number of phenolic OH excluding ortho intramolecular Hbond substituents is 1. The van der Waals surface area contributed by atoms with Crippen molar-refractivity contribution in [3.05, 3.63) is 22.2 Å². The van der Waals surface area contributed by atoms with Gasteiger partial charge in [0.2, 0.25) is 0 Å². The van der Waals surface area contributed by atoms with Crippen LogP contribution in [0.4, 0.5) is 0 Å². The number of aliphatic carboxylic acids is 1. The summed E-state index contributed by atoms with van der Waals surface area (Å²) >= 11 is 3.16. The number of phenols is 1. The van der Waals surface area contributed by atoms with E-state index in [1.54, 1.807) is 0 Å². The first-order chi connectivity index (χ1) is 6.54. The second-order valence-corrected chi connectivity index (χ2v) is 3.54. The summed E-state index contributed by atoms with van der Waals surface area (Å²) in [4.78, 5) is 10.5. The summed E-state index contributed by atoms with van der Waals surface area (Å²) in [6.07, 6.45) is -0.114. The van der Waals surface area contributed by atoms with Crippen LogP contribution < -0.4 is 4.74 Å². The van der Waals surface area contributed by atoms with Gasteiger partial charge < -0.3 is 14.9 Å². The number of hydrogen-bond donors (Lipinski definition) is 2. The van der Waals surface area contributed by atoms with Crippen molar-refractivity contribution in [1.82, 2.24) is 0 Å². The van der Waals surface area contributed by atoms with Crippen LogP contribution in [0, 0.1) is 0 Å². The predicted octanol–water partition coefficient (Wildman–Crippen LogP) is 1.79. The third-order valence-electron chi connectivity index (χ3n) is 1.69. The van der Waals surface area contributed by atoms with Crippen molar-refractivity contribution >= 4 is 21.9 Å². The van der Waals surface area contributed by atoms with E-state index in [-0.39, 0.29) is 17.9 Å². The van der Waals surface area contributed by atoms with Gasteiger partial charge in [-0.05, 0) is 17.7 Å². The van der Waals surface area contributed by atoms with Gasteiger partial charge in [-0.25, -0.2) is 0 Å². The Morgan fingerprint density at radius 2 is 2.21 bits per heavy atom. The quantitative estimate of drug-likeness (QED) is 0.870. The van der Waals surface area contributed by atoms with Gasteiger partial charge in [0.15, 0.2) is 11.5 Å². The molecule has 4 nitrogen and oxygen atoms in total. The summed E-state index contributed by atoms with van der Waals surface area (Å²) in [7, 11) is 1.41. The molecule has 0 fully saturated rings. The molecule has 2 N–H and O–H groups in total. The fourth-order valence-electron chi connectivity index (χ4n) is 1.05. The van der Waals surface area contributed by atoms with Crippen molar-refractivity contribution in [3.63, 3.8) is 0 Å². The third-order valence-corrected chi connectivity index (χ3v) is 2.43. The van der Waals surface area contributed by atoms with Gasteiger partial charge in [0.1, 0.15) is 0 Å². The topological polar surface area (TPSA) is 66.8 Å². The highest BCUT2D eigenvalue weighted by atomic mass is 79.9. The van der Waals surface area contributed by atoms with E-state index < -0.39 is 5.97 Å². The Bertz CT molecular complexity index is 362. The minimum absolute atomic E-state index is 0.0199. The molecule has 0 aromatic heterocycles. The molecule has 1 aromatic rings. The summed E-state index contributed by atoms with van der Waals surface area (Å²) in [5.74, 6) is -0.684. The van der Waals surface area contributed by atoms with Gasteiger partial charge >= 0.3 is 5.97 Å². The molecule has 5 heteroatoms. The monoisotopic (exact) mass is 260 g/mol. The molecule has 0 radical (unpaired) electrons. The molecule has 0 atom stereocenters. The standard InChI is InChI=1S/C9H9BrO4/c1-14-8-2-5(3-9(12)13)6(10)4-7(8)11/h2,4,11H,3H2,1H3,(H,12,13). The zero-order valence-electron chi connectivity index (χ0n) is 7.45. The Labute approximate surface area is 89.3 Å². The van der Waals surface area contributed by atoms with Gasteiger partial charge in [-0.1, -0.05) is 15.9 Å². The first kappa shape index (κ1) is 10.8. The second-order valence-electron chi connectivity index (χ2n) is 2.69. The first-order valence-corrected chi connectivity index (χ1v) is 4.61. The number of benzene rings is 1. The molecule has 0 aliphatic heterocycles. The number of ether oxygens (including phenoxy) is 1. The molecule has 0 saturated heterocycles. The number of halogens is 1. The lowest BCUT2D eigenvalue weighted by Gasteiger charge is -2.07. The molecule has 0 aliphatic rings. The van der Waals surface area contributed by atoms with Gasteiger partial charge in [-0.3, -0.25) is 4.79 Å². The molecule has 0 amide bonds. The third kappa shape index (κ3) is 2.38. The average molecular weight is 261 g/mol. The molecule has 0 unspecified atom stereocenters. The van der Waals surface area contributed by atoms with E-state index in [4.69, 9.17) is 9.84 Å². The number of carbonyl (C=O) groups is 1. The lowest BCUT2D eigenvalue weighted by Crippen LogP contribution is -2.01. The lowest BCUT2D eigenvalue weighted by atomic mass is 10.1. The Morgan fingerprint density at radius 1 is 1.57 bits per heavy atom. The minimum Gasteiger partial charge on any atom is -0.504 e. The number of rotatable bonds is 3. The molecule has 1 rings (SSSR count). The van der Waals surface area contributed by atoms with E-state index in [1.165, 1.54) is 19.2 Å². The lowest BCUT2D eigenvalue weighted by molar-refractivity contribution is -0.136. The molecular formula is C9H9BrO4. The van der Waals surface area contributed by atoms with Crippen LogP contribution in [0.2, 0.25) is 0 Å². The summed E-state index contributed by atoms with van der Waals surface area (Å²) < 4.78 is 5.41. The SMILES string of the molecule is COc1cc(CC(=O)O)c(Br)cc1O. The Balaban J connectivity index is 3.10. The smallest absolute Gasteiger partial charge is 0.307 e. The number of carboxylic acid groups (broad SMARTS) is 1. The molecule has 0 saturated carbocycles. The molecule has 14 heavy (non-hydrogen) atoms. The molecule has 76 valence electrons. The highest BCUT2D eigenvalue weighted by Gasteiger charge is 2.10. The van der Waals surface area contributed by atoms with Crippen molar-refractivity contribution in [2.75, 3.05) is 7.11 Å². The largest absolute Gasteiger partial charge is 0.504 e. The predicted molar refractivity (Wildman–Crippen MR) is 53.7 cm³/mol. The van der Waals surface area contributed by atoms with Gasteiger partial charge in [-0.15, -0.1) is 0 Å². The zero-order chi connectivity index (χ0) is 10.7. The van der Waals surface area contributed by atoms with Crippen LogP contribution in [-0.4, -0.2) is 23.3 Å². The van der Waals surface area contributed by atoms with E-state index in [9.17, 15) is 9.90 Å². The van der Waals surface area contributed by atoms with Gasteiger partial charge in [0.25, 0.3) is 0 Å². The number of hydrogen-bond acceptors (Lipinski definition) is 3. The molecule has 0 bridgehead atoms. The summed E-state index contributed by atoms with van der Waals surface area (Å²) in [6.45, 7) is 0. The van der Waals surface area contributed by atoms with Crippen molar-refractivity contribution in [2.24, 2.45) is 0 Å². The summed E-state index contributed by atoms with van der Waals surface area (Å²) in [5, 5.41) is 17.9. The Hall–Kier alpha value is -1.23. The highest BCUT2D eigenvalue weighted by Crippen LogP contribution is 2.32. The molecule has 0 aliphatic carbocycles. The molecule has 0 heterocycles. The number of aromatic hydroxyl groups is 1. The van der Waals surface area contributed by atoms with E-state index in [0.717, 1.165) is 0 Å². The van der Waals surface area contributed by atoms with Crippen LogP contribution in [0.25, 0.3) is 0 Å². The van der Waals surface area contributed by atoms with Crippen LogP contribution in [0.3, 0.4) is 0 Å². The fourth-order valence-corrected chi connectivity index (χ4v) is 1.52. The van der Waals surface area contributed by atoms with Crippen molar-refractivity contribution in [2.45, 2.75) is 6.42 Å². The Kier molecular flexibility index (Phi) is 3.35. The number of carboxylic acids is 1. The van der Waals surface area contributed by atoms with Crippen LogP contribution in [0.5, 0.6) is 11.5 Å². The van der Waals surface area contributed by atoms with Gasteiger partial charge in [0.05, 0.1) is 13.5 Å². The van der Waals surface area contributed by atoms with Crippen LogP contribution in [-0.2, 0) is 11.2 Å². The molecular weight excluding hydrogens is 252 g/mol. The molecule has 1 aromatic carbocycles. The zero-order valence-corrected chi connectivity index (χ0v) is 9.04. The van der Waals surface area contributed by atoms with E-state index in [1.807, 2.05) is 0 Å². The van der Waals surface area contributed by atoms with Crippen molar-refractivity contribution in [1.29, 1.82) is 0 Å². The van der Waals surface area contributed by atoms with E-state index in [0.29, 0.717) is 10.0 Å². The molecule has 0 spiro atoms. The maximum Gasteiger partial charge on any atom is 0.307 e. The maximum absolute atomic E-state index is 10.5. The van der Waals surface area contributed by atoms with Gasteiger partial charge in [0, 0.05) is 4.47 Å². The van der Waals surface area contributed by atoms with E-state index in [2.05, 4.69) is 15.9 Å². The average Bonchev–Trinajstić information content (AvgIpc) is 2.09. The van der Waals surface area contributed by atoms with Crippen LogP contribution in [0.1, 0.15) is 5.56 Å². The van der Waals surface area contributed by atoms with E-state index >= 15 is 0 Å². The maximum atomic E-state index is 10.5. The number of methoxy groups -OCH3 is 1.